The van der Waals surface area contributed by atoms with Gasteiger partial charge in [0.25, 0.3) is 0 Å². The van der Waals surface area contributed by atoms with Gasteiger partial charge in [0.05, 0.1) is 5.70 Å². The fraction of sp³-hybridized carbons (Fsp3) is 0.500. The number of fused-ring (bicyclic) bond motifs is 1. The van der Waals surface area contributed by atoms with Crippen molar-refractivity contribution < 1.29 is 0 Å². The van der Waals surface area contributed by atoms with E-state index in [1.54, 1.807) is 0 Å². The third-order valence-corrected chi connectivity index (χ3v) is 2.62. The lowest BCUT2D eigenvalue weighted by Crippen LogP contribution is -2.16. The van der Waals surface area contributed by atoms with Gasteiger partial charge >= 0.3 is 0 Å². The molecule has 0 aromatic rings. The molecule has 0 aromatic carbocycles. The zero-order valence-corrected chi connectivity index (χ0v) is 9.02. The molecule has 2 heteroatoms. The van der Waals surface area contributed by atoms with Crippen LogP contribution in [0.4, 0.5) is 0 Å². The molecule has 1 aliphatic carbocycles. The summed E-state index contributed by atoms with van der Waals surface area (Å²) in [6.07, 6.45) is 5.93. The maximum Gasteiger partial charge on any atom is 0.0683 e. The molecule has 0 atom stereocenters. The largest absolute Gasteiger partial charge is 0.305 e. The normalized spacial score (nSPS) is 21.4. The summed E-state index contributed by atoms with van der Waals surface area (Å²) < 4.78 is 0. The Labute approximate surface area is 84.9 Å². The van der Waals surface area contributed by atoms with E-state index in [2.05, 4.69) is 31.8 Å². The molecular weight excluding hydrogens is 172 g/mol. The first kappa shape index (κ1) is 9.38. The monoisotopic (exact) mass is 188 g/mol. The molecule has 0 amide bonds. The first-order chi connectivity index (χ1) is 6.47. The number of nitrogens with zero attached hydrogens (tertiary/aromatic N) is 1. The molecule has 0 spiro atoms. The van der Waals surface area contributed by atoms with Crippen molar-refractivity contribution in [2.45, 2.75) is 33.6 Å². The molecule has 2 aliphatic rings. The van der Waals surface area contributed by atoms with E-state index >= 15 is 0 Å². The Bertz CT molecular complexity index is 376. The highest BCUT2D eigenvalue weighted by Gasteiger charge is 2.25. The minimum atomic E-state index is 0.118. The van der Waals surface area contributed by atoms with Crippen molar-refractivity contribution in [2.75, 3.05) is 0 Å². The first-order valence-corrected chi connectivity index (χ1v) is 5.06. The van der Waals surface area contributed by atoms with E-state index in [9.17, 15) is 0 Å². The average Bonchev–Trinajstić information content (AvgIpc) is 2.45. The number of hydrogen-bond acceptors (Lipinski definition) is 2. The van der Waals surface area contributed by atoms with E-state index in [-0.39, 0.29) is 5.41 Å². The number of allylic oxidation sites excluding steroid dienone is 3. The Hall–Kier alpha value is -1.18. The Balaban J connectivity index is 2.38. The van der Waals surface area contributed by atoms with E-state index in [1.807, 2.05) is 6.08 Å². The summed E-state index contributed by atoms with van der Waals surface area (Å²) >= 11 is 0. The van der Waals surface area contributed by atoms with Crippen LogP contribution in [0.25, 0.3) is 0 Å². The van der Waals surface area contributed by atoms with Gasteiger partial charge in [0.1, 0.15) is 0 Å². The van der Waals surface area contributed by atoms with Gasteiger partial charge in [-0.15, -0.1) is 0 Å². The highest BCUT2D eigenvalue weighted by atomic mass is 14.8. The van der Waals surface area contributed by atoms with Crippen LogP contribution in [0.2, 0.25) is 0 Å². The van der Waals surface area contributed by atoms with E-state index in [0.717, 1.165) is 24.3 Å². The molecule has 1 aliphatic heterocycles. The van der Waals surface area contributed by atoms with Crippen molar-refractivity contribution in [2.24, 2.45) is 10.4 Å². The van der Waals surface area contributed by atoms with E-state index in [4.69, 9.17) is 5.41 Å². The maximum absolute atomic E-state index is 7.59. The van der Waals surface area contributed by atoms with Crippen LogP contribution >= 0.6 is 0 Å². The summed E-state index contributed by atoms with van der Waals surface area (Å²) in [5, 5.41) is 7.59. The lowest BCUT2D eigenvalue weighted by molar-refractivity contribution is 0.595. The van der Waals surface area contributed by atoms with Crippen molar-refractivity contribution in [3.8, 4) is 0 Å². The van der Waals surface area contributed by atoms with E-state index in [0.29, 0.717) is 5.71 Å². The van der Waals surface area contributed by atoms with Crippen molar-refractivity contribution in [1.29, 1.82) is 5.41 Å². The van der Waals surface area contributed by atoms with E-state index in [1.165, 1.54) is 5.57 Å². The van der Waals surface area contributed by atoms with Gasteiger partial charge in [-0.05, 0) is 30.6 Å². The van der Waals surface area contributed by atoms with Crippen LogP contribution in [0.1, 0.15) is 33.6 Å². The predicted molar refractivity (Wildman–Crippen MR) is 60.0 cm³/mol. The summed E-state index contributed by atoms with van der Waals surface area (Å²) in [5.41, 5.74) is 4.30. The molecule has 0 fully saturated rings. The molecule has 2 nitrogen and oxygen atoms in total. The number of nitrogens with one attached hydrogen (secondary N) is 1. The van der Waals surface area contributed by atoms with Crippen LogP contribution in [0, 0.1) is 10.8 Å². The van der Waals surface area contributed by atoms with Gasteiger partial charge < -0.3 is 5.41 Å². The van der Waals surface area contributed by atoms with Crippen LogP contribution in [0.5, 0.6) is 0 Å². The molecule has 0 radical (unpaired) electrons. The van der Waals surface area contributed by atoms with Crippen LogP contribution in [0.3, 0.4) is 0 Å². The lowest BCUT2D eigenvalue weighted by Gasteiger charge is -2.16. The molecule has 0 bridgehead atoms. The number of aliphatic imine (C=N–C) groups is 1. The van der Waals surface area contributed by atoms with Crippen molar-refractivity contribution >= 4 is 11.4 Å². The number of hydrogen-bond donors (Lipinski definition) is 1. The zero-order valence-electron chi connectivity index (χ0n) is 9.02. The van der Waals surface area contributed by atoms with Crippen molar-refractivity contribution in [3.63, 3.8) is 0 Å². The van der Waals surface area contributed by atoms with Crippen LogP contribution in [-0.2, 0) is 0 Å². The second-order valence-corrected chi connectivity index (χ2v) is 4.97. The van der Waals surface area contributed by atoms with Crippen molar-refractivity contribution in [3.05, 3.63) is 23.4 Å². The molecule has 2 rings (SSSR count). The summed E-state index contributed by atoms with van der Waals surface area (Å²) in [6.45, 7) is 6.52. The van der Waals surface area contributed by atoms with Gasteiger partial charge in [0, 0.05) is 16.8 Å². The summed E-state index contributed by atoms with van der Waals surface area (Å²) in [6, 6.07) is 0. The molecular formula is C12H16N2. The maximum atomic E-state index is 7.59. The molecule has 74 valence electrons. The zero-order chi connectivity index (χ0) is 10.3. The van der Waals surface area contributed by atoms with Gasteiger partial charge in [-0.3, -0.25) is 4.99 Å². The summed E-state index contributed by atoms with van der Waals surface area (Å²) in [7, 11) is 0. The second kappa shape index (κ2) is 2.91. The Morgan fingerprint density at radius 3 is 2.57 bits per heavy atom. The quantitative estimate of drug-likeness (QED) is 0.606. The molecule has 14 heavy (non-hydrogen) atoms. The fourth-order valence-corrected chi connectivity index (χ4v) is 1.69. The van der Waals surface area contributed by atoms with E-state index < -0.39 is 0 Å². The molecule has 1 heterocycles. The fourth-order valence-electron chi connectivity index (χ4n) is 1.69. The van der Waals surface area contributed by atoms with Gasteiger partial charge in [-0.2, -0.15) is 0 Å². The average molecular weight is 188 g/mol. The highest BCUT2D eigenvalue weighted by Crippen LogP contribution is 2.32. The molecule has 0 aromatic heterocycles. The minimum Gasteiger partial charge on any atom is -0.305 e. The Kier molecular flexibility index (Phi) is 1.95. The highest BCUT2D eigenvalue weighted by molar-refractivity contribution is 6.06. The summed E-state index contributed by atoms with van der Waals surface area (Å²) in [5.74, 6) is 0. The van der Waals surface area contributed by atoms with Crippen LogP contribution < -0.4 is 0 Å². The van der Waals surface area contributed by atoms with Gasteiger partial charge in [-0.25, -0.2) is 0 Å². The Morgan fingerprint density at radius 2 is 1.93 bits per heavy atom. The third-order valence-electron chi connectivity index (χ3n) is 2.62. The minimum absolute atomic E-state index is 0.118. The standard InChI is InChI=1S/C12H16N2/c1-12(2,3)11-6-8-4-5-9(13)7-10(8)14-11/h6-7,13H,4-5H2,1-3H3. The van der Waals surface area contributed by atoms with Gasteiger partial charge in [0.2, 0.25) is 0 Å². The molecule has 0 unspecified atom stereocenters. The third kappa shape index (κ3) is 1.57. The SMILES string of the molecule is CC(C)(C)C1=NC2=CC(=N)CCC2=C1. The number of rotatable bonds is 0. The molecule has 0 saturated heterocycles. The van der Waals surface area contributed by atoms with Gasteiger partial charge in [0.15, 0.2) is 0 Å². The van der Waals surface area contributed by atoms with Crippen LogP contribution in [0.15, 0.2) is 28.4 Å². The first-order valence-electron chi connectivity index (χ1n) is 5.06. The molecule has 0 saturated carbocycles. The second-order valence-electron chi connectivity index (χ2n) is 4.97. The van der Waals surface area contributed by atoms with Gasteiger partial charge in [-0.1, -0.05) is 20.8 Å². The predicted octanol–water partition coefficient (Wildman–Crippen LogP) is 3.11. The topological polar surface area (TPSA) is 36.2 Å². The summed E-state index contributed by atoms with van der Waals surface area (Å²) in [4.78, 5) is 4.58. The Morgan fingerprint density at radius 1 is 1.21 bits per heavy atom. The van der Waals surface area contributed by atoms with Crippen molar-refractivity contribution in [1.82, 2.24) is 0 Å². The smallest absolute Gasteiger partial charge is 0.0683 e. The molecule has 1 N–H and O–H groups in total. The lowest BCUT2D eigenvalue weighted by atomic mass is 9.89. The van der Waals surface area contributed by atoms with Crippen LogP contribution in [-0.4, -0.2) is 11.4 Å².